The molecule has 0 radical (unpaired) electrons. The maximum absolute atomic E-state index is 2.82. The second-order valence-corrected chi connectivity index (χ2v) is 1.69. The minimum atomic E-state index is 0.574. The van der Waals surface area contributed by atoms with Gasteiger partial charge in [0.25, 0.3) is 0 Å². The van der Waals surface area contributed by atoms with Gasteiger partial charge in [0, 0.05) is 18.1 Å². The average Bonchev–Trinajstić information content (AvgIpc) is 2.06. The molecule has 0 atom stereocenters. The summed E-state index contributed by atoms with van der Waals surface area (Å²) in [7, 11) is 0. The number of hydrogen-bond donors (Lipinski definition) is 0. The highest BCUT2D eigenvalue weighted by Gasteiger charge is 2.07. The predicted molar refractivity (Wildman–Crippen MR) is 24.8 cm³/mol. The topological polar surface area (TPSA) is 3.01 Å². The number of rotatable bonds is 1. The molecule has 1 aliphatic rings. The van der Waals surface area contributed by atoms with E-state index in [1.54, 1.807) is 0 Å². The molecule has 0 aromatic heterocycles. The van der Waals surface area contributed by atoms with Crippen LogP contribution in [0.25, 0.3) is 0 Å². The lowest BCUT2D eigenvalue weighted by molar-refractivity contribution is 0.512. The Bertz CT molecular complexity index is 96.8. The monoisotopic (exact) mass is 81.1 g/mol. The third kappa shape index (κ3) is 0.463. The molecule has 0 saturated carbocycles. The molecule has 0 bridgehead atoms. The van der Waals surface area contributed by atoms with Crippen LogP contribution in [0.4, 0.5) is 0 Å². The van der Waals surface area contributed by atoms with Gasteiger partial charge in [-0.1, -0.05) is 0 Å². The van der Waals surface area contributed by atoms with Crippen LogP contribution in [-0.2, 0) is 0 Å². The molecule has 1 heterocycles. The predicted octanol–water partition coefficient (Wildman–Crippen LogP) is 0.629. The highest BCUT2D eigenvalue weighted by molar-refractivity contribution is 5.19. The minimum Gasteiger partial charge on any atom is -0.255 e. The summed E-state index contributed by atoms with van der Waals surface area (Å²) in [6.07, 6.45) is 0. The molecule has 0 aromatic rings. The fourth-order valence-electron chi connectivity index (χ4n) is 0.287. The SMILES string of the molecule is CC(C)N1C#C1. The van der Waals surface area contributed by atoms with Crippen LogP contribution >= 0.6 is 0 Å². The molecule has 0 saturated heterocycles. The van der Waals surface area contributed by atoms with E-state index in [0.717, 1.165) is 0 Å². The standard InChI is InChI=1S/C5H7N/c1-5(2)6-3-4-6/h5H,1-2H3. The highest BCUT2D eigenvalue weighted by atomic mass is 15.2. The lowest BCUT2D eigenvalue weighted by atomic mass is 10.4. The molecule has 0 fully saturated rings. The Morgan fingerprint density at radius 1 is 1.33 bits per heavy atom. The molecule has 1 aliphatic heterocycles. The molecule has 32 valence electrons. The molecular weight excluding hydrogens is 74.1 g/mol. The maximum atomic E-state index is 2.82. The van der Waals surface area contributed by atoms with Gasteiger partial charge in [0.2, 0.25) is 0 Å². The molecule has 0 spiro atoms. The Morgan fingerprint density at radius 2 is 1.83 bits per heavy atom. The van der Waals surface area contributed by atoms with Gasteiger partial charge in [-0.15, -0.1) is 0 Å². The van der Waals surface area contributed by atoms with Gasteiger partial charge >= 0.3 is 0 Å². The lowest BCUT2D eigenvalue weighted by Crippen LogP contribution is -2.08. The molecule has 6 heavy (non-hydrogen) atoms. The first-order valence-corrected chi connectivity index (χ1v) is 2.11. The fourth-order valence-corrected chi connectivity index (χ4v) is 0.287. The quantitative estimate of drug-likeness (QED) is 0.418. The van der Waals surface area contributed by atoms with E-state index in [-0.39, 0.29) is 0 Å². The Kier molecular flexibility index (Phi) is 0.537. The molecule has 0 N–H and O–H groups in total. The van der Waals surface area contributed by atoms with E-state index in [1.165, 1.54) is 0 Å². The first kappa shape index (κ1) is 3.55. The third-order valence-corrected chi connectivity index (χ3v) is 0.757. The van der Waals surface area contributed by atoms with Crippen molar-refractivity contribution in [2.24, 2.45) is 0 Å². The Hall–Kier alpha value is -0.640. The molecule has 0 amide bonds. The summed E-state index contributed by atoms with van der Waals surface area (Å²) in [6, 6.07) is 6.21. The van der Waals surface area contributed by atoms with E-state index in [2.05, 4.69) is 25.9 Å². The van der Waals surface area contributed by atoms with Gasteiger partial charge in [0.05, 0.1) is 0 Å². The zero-order valence-corrected chi connectivity index (χ0v) is 4.02. The minimum absolute atomic E-state index is 0.574. The van der Waals surface area contributed by atoms with Crippen LogP contribution in [0.1, 0.15) is 13.8 Å². The average molecular weight is 81.1 g/mol. The second kappa shape index (κ2) is 0.909. The van der Waals surface area contributed by atoms with Gasteiger partial charge in [-0.3, -0.25) is 4.90 Å². The maximum Gasteiger partial charge on any atom is 0.0455 e. The van der Waals surface area contributed by atoms with Gasteiger partial charge in [0.15, 0.2) is 0 Å². The molecule has 1 rings (SSSR count). The third-order valence-electron chi connectivity index (χ3n) is 0.757. The molecule has 0 aromatic carbocycles. The Balaban J connectivity index is 2.18. The van der Waals surface area contributed by atoms with Crippen LogP contribution in [0, 0.1) is 12.1 Å². The van der Waals surface area contributed by atoms with Crippen molar-refractivity contribution in [3.63, 3.8) is 0 Å². The highest BCUT2D eigenvalue weighted by Crippen LogP contribution is 1.99. The molecule has 1 heteroatoms. The van der Waals surface area contributed by atoms with Gasteiger partial charge < -0.3 is 0 Å². The number of nitrogens with zero attached hydrogens (tertiary/aromatic N) is 1. The van der Waals surface area contributed by atoms with Crippen LogP contribution in [-0.4, -0.2) is 10.9 Å². The van der Waals surface area contributed by atoms with Crippen LogP contribution in [0.2, 0.25) is 0 Å². The van der Waals surface area contributed by atoms with E-state index in [1.807, 2.05) is 4.90 Å². The summed E-state index contributed by atoms with van der Waals surface area (Å²) in [5, 5.41) is 0. The van der Waals surface area contributed by atoms with Crippen LogP contribution < -0.4 is 0 Å². The van der Waals surface area contributed by atoms with Gasteiger partial charge in [-0.05, 0) is 13.8 Å². The molecule has 0 unspecified atom stereocenters. The Labute approximate surface area is 38.0 Å². The fraction of sp³-hybridized carbons (Fsp3) is 0.600. The van der Waals surface area contributed by atoms with Crippen molar-refractivity contribution in [2.75, 3.05) is 0 Å². The second-order valence-electron chi connectivity index (χ2n) is 1.69. The van der Waals surface area contributed by atoms with Crippen molar-refractivity contribution in [1.29, 1.82) is 0 Å². The first-order valence-electron chi connectivity index (χ1n) is 2.11. The van der Waals surface area contributed by atoms with E-state index < -0.39 is 0 Å². The van der Waals surface area contributed by atoms with E-state index in [9.17, 15) is 0 Å². The summed E-state index contributed by atoms with van der Waals surface area (Å²) in [6.45, 7) is 4.21. The van der Waals surface area contributed by atoms with Crippen molar-refractivity contribution < 1.29 is 0 Å². The van der Waals surface area contributed by atoms with E-state index >= 15 is 0 Å². The molecule has 1 nitrogen and oxygen atoms in total. The van der Waals surface area contributed by atoms with Gasteiger partial charge in [0.1, 0.15) is 0 Å². The van der Waals surface area contributed by atoms with Crippen LogP contribution in [0.15, 0.2) is 0 Å². The Morgan fingerprint density at radius 3 is 1.83 bits per heavy atom. The van der Waals surface area contributed by atoms with E-state index in [4.69, 9.17) is 0 Å². The zero-order valence-electron chi connectivity index (χ0n) is 4.02. The summed E-state index contributed by atoms with van der Waals surface area (Å²) in [5.41, 5.74) is 0. The molecular formula is C5H7N. The van der Waals surface area contributed by atoms with Crippen LogP contribution in [0.3, 0.4) is 0 Å². The van der Waals surface area contributed by atoms with E-state index in [0.29, 0.717) is 6.04 Å². The summed E-state index contributed by atoms with van der Waals surface area (Å²) in [5.74, 6) is 0. The van der Waals surface area contributed by atoms with Crippen molar-refractivity contribution in [1.82, 2.24) is 4.90 Å². The largest absolute Gasteiger partial charge is 0.255 e. The van der Waals surface area contributed by atoms with Crippen molar-refractivity contribution in [2.45, 2.75) is 19.9 Å². The first-order chi connectivity index (χ1) is 2.80. The number of hydrogen-bond acceptors (Lipinski definition) is 1. The molecule has 0 aliphatic carbocycles. The van der Waals surface area contributed by atoms with Gasteiger partial charge in [-0.2, -0.15) is 0 Å². The summed E-state index contributed by atoms with van der Waals surface area (Å²) in [4.78, 5) is 1.92. The smallest absolute Gasteiger partial charge is 0.0455 e. The summed E-state index contributed by atoms with van der Waals surface area (Å²) < 4.78 is 0. The summed E-state index contributed by atoms with van der Waals surface area (Å²) >= 11 is 0. The zero-order chi connectivity index (χ0) is 4.57. The normalized spacial score (nSPS) is 14.2. The van der Waals surface area contributed by atoms with Crippen molar-refractivity contribution in [3.05, 3.63) is 0 Å². The van der Waals surface area contributed by atoms with Crippen molar-refractivity contribution >= 4 is 0 Å². The lowest BCUT2D eigenvalue weighted by Gasteiger charge is -2.00. The van der Waals surface area contributed by atoms with Crippen molar-refractivity contribution in [3.8, 4) is 12.1 Å². The van der Waals surface area contributed by atoms with Gasteiger partial charge in [-0.25, -0.2) is 0 Å². The van der Waals surface area contributed by atoms with Crippen LogP contribution in [0.5, 0.6) is 0 Å².